The number of nitrogens with one attached hydrogen (secondary N) is 1. The Balaban J connectivity index is 1.54. The largest absolute Gasteiger partial charge is 0.341 e. The molecule has 0 bridgehead atoms. The lowest BCUT2D eigenvalue weighted by Crippen LogP contribution is -2.41. The summed E-state index contributed by atoms with van der Waals surface area (Å²) in [6, 6.07) is 0.585. The third kappa shape index (κ3) is 4.76. The Bertz CT molecular complexity index is 279. The number of hydrogen-bond acceptors (Lipinski definition) is 2. The van der Waals surface area contributed by atoms with Crippen LogP contribution in [0.3, 0.4) is 0 Å². The molecule has 3 nitrogen and oxygen atoms in total. The smallest absolute Gasteiger partial charge is 0.222 e. The molecule has 2 saturated heterocycles. The Morgan fingerprint density at radius 3 is 2.60 bits per heavy atom. The SMILES string of the molecule is CCCCCCCCCC(=O)N1C[C@@H]2CCCN[C@@H]2C1. The van der Waals surface area contributed by atoms with Crippen LogP contribution in [0, 0.1) is 5.92 Å². The van der Waals surface area contributed by atoms with E-state index in [0.717, 1.165) is 38.4 Å². The molecule has 2 rings (SSSR count). The lowest BCUT2D eigenvalue weighted by molar-refractivity contribution is -0.130. The number of unbranched alkanes of at least 4 members (excludes halogenated alkanes) is 6. The number of carbonyl (C=O) groups is 1. The summed E-state index contributed by atoms with van der Waals surface area (Å²) in [6.07, 6.45) is 12.4. The average molecular weight is 280 g/mol. The Kier molecular flexibility index (Phi) is 6.85. The molecule has 2 fully saturated rings. The van der Waals surface area contributed by atoms with Gasteiger partial charge >= 0.3 is 0 Å². The van der Waals surface area contributed by atoms with Crippen molar-refractivity contribution < 1.29 is 4.79 Å². The summed E-state index contributed by atoms with van der Waals surface area (Å²) in [7, 11) is 0. The van der Waals surface area contributed by atoms with Crippen LogP contribution in [0.25, 0.3) is 0 Å². The second kappa shape index (κ2) is 8.66. The highest BCUT2D eigenvalue weighted by atomic mass is 16.2. The van der Waals surface area contributed by atoms with Crippen LogP contribution in [-0.4, -0.2) is 36.5 Å². The monoisotopic (exact) mass is 280 g/mol. The molecule has 3 heteroatoms. The fraction of sp³-hybridized carbons (Fsp3) is 0.941. The fourth-order valence-electron chi connectivity index (χ4n) is 3.64. The van der Waals surface area contributed by atoms with Crippen LogP contribution in [0.1, 0.15) is 71.1 Å². The predicted molar refractivity (Wildman–Crippen MR) is 83.7 cm³/mol. The van der Waals surface area contributed by atoms with Crippen molar-refractivity contribution in [2.24, 2.45) is 5.92 Å². The predicted octanol–water partition coefficient (Wildman–Crippen LogP) is 3.34. The highest BCUT2D eigenvalue weighted by Gasteiger charge is 2.35. The Hall–Kier alpha value is -0.570. The summed E-state index contributed by atoms with van der Waals surface area (Å²) in [6.45, 7) is 5.36. The second-order valence-corrected chi connectivity index (χ2v) is 6.63. The van der Waals surface area contributed by atoms with Crippen LogP contribution in [0.5, 0.6) is 0 Å². The zero-order valence-electron chi connectivity index (χ0n) is 13.2. The van der Waals surface area contributed by atoms with Crippen LogP contribution in [0.4, 0.5) is 0 Å². The maximum atomic E-state index is 12.2. The van der Waals surface area contributed by atoms with E-state index in [9.17, 15) is 4.79 Å². The van der Waals surface area contributed by atoms with E-state index < -0.39 is 0 Å². The molecule has 0 saturated carbocycles. The van der Waals surface area contributed by atoms with Crippen molar-refractivity contribution in [3.8, 4) is 0 Å². The average Bonchev–Trinajstić information content (AvgIpc) is 2.90. The molecule has 0 aromatic heterocycles. The maximum Gasteiger partial charge on any atom is 0.222 e. The standard InChI is InChI=1S/C17H32N2O/c1-2-3-4-5-6-7-8-11-17(20)19-13-15-10-9-12-18-16(15)14-19/h15-16,18H,2-14H2,1H3/t15-,16+/m0/s1. The van der Waals surface area contributed by atoms with Crippen molar-refractivity contribution in [3.05, 3.63) is 0 Å². The number of carbonyl (C=O) groups excluding carboxylic acids is 1. The zero-order valence-corrected chi connectivity index (χ0v) is 13.2. The number of amides is 1. The Morgan fingerprint density at radius 1 is 1.10 bits per heavy atom. The van der Waals surface area contributed by atoms with Crippen LogP contribution in [0.15, 0.2) is 0 Å². The van der Waals surface area contributed by atoms with Crippen molar-refractivity contribution in [2.75, 3.05) is 19.6 Å². The third-order valence-electron chi connectivity index (χ3n) is 4.95. The highest BCUT2D eigenvalue weighted by molar-refractivity contribution is 5.76. The van der Waals surface area contributed by atoms with Gasteiger partial charge in [-0.05, 0) is 31.7 Å². The number of piperidine rings is 1. The maximum absolute atomic E-state index is 12.2. The number of likely N-dealkylation sites (tertiary alicyclic amines) is 1. The summed E-state index contributed by atoms with van der Waals surface area (Å²) < 4.78 is 0. The minimum atomic E-state index is 0.398. The van der Waals surface area contributed by atoms with Crippen LogP contribution < -0.4 is 5.32 Å². The minimum absolute atomic E-state index is 0.398. The molecule has 0 radical (unpaired) electrons. The fourth-order valence-corrected chi connectivity index (χ4v) is 3.64. The van der Waals surface area contributed by atoms with Gasteiger partial charge in [-0.1, -0.05) is 45.4 Å². The lowest BCUT2D eigenvalue weighted by Gasteiger charge is -2.24. The van der Waals surface area contributed by atoms with Crippen LogP contribution in [0.2, 0.25) is 0 Å². The molecule has 0 unspecified atom stereocenters. The van der Waals surface area contributed by atoms with Crippen molar-refractivity contribution in [3.63, 3.8) is 0 Å². The Morgan fingerprint density at radius 2 is 1.85 bits per heavy atom. The first-order chi connectivity index (χ1) is 9.81. The summed E-state index contributed by atoms with van der Waals surface area (Å²) >= 11 is 0. The molecule has 0 aromatic carbocycles. The summed E-state index contributed by atoms with van der Waals surface area (Å²) in [4.78, 5) is 14.3. The molecule has 2 aliphatic rings. The number of rotatable bonds is 8. The van der Waals surface area contributed by atoms with Gasteiger partial charge in [0, 0.05) is 25.6 Å². The first-order valence-corrected chi connectivity index (χ1v) is 8.82. The van der Waals surface area contributed by atoms with Gasteiger partial charge in [0.25, 0.3) is 0 Å². The first kappa shape index (κ1) is 15.8. The van der Waals surface area contributed by atoms with E-state index in [2.05, 4.69) is 17.1 Å². The zero-order chi connectivity index (χ0) is 14.2. The molecule has 2 atom stereocenters. The summed E-state index contributed by atoms with van der Waals surface area (Å²) in [5.41, 5.74) is 0. The molecule has 2 aliphatic heterocycles. The van der Waals surface area contributed by atoms with Gasteiger partial charge in [-0.25, -0.2) is 0 Å². The van der Waals surface area contributed by atoms with Gasteiger partial charge in [0.15, 0.2) is 0 Å². The lowest BCUT2D eigenvalue weighted by atomic mass is 9.94. The number of hydrogen-bond donors (Lipinski definition) is 1. The van der Waals surface area contributed by atoms with Gasteiger partial charge in [-0.15, -0.1) is 0 Å². The van der Waals surface area contributed by atoms with Gasteiger partial charge in [-0.3, -0.25) is 4.79 Å². The van der Waals surface area contributed by atoms with E-state index in [0.29, 0.717) is 11.9 Å². The second-order valence-electron chi connectivity index (χ2n) is 6.63. The van der Waals surface area contributed by atoms with Crippen molar-refractivity contribution >= 4 is 5.91 Å². The molecule has 1 N–H and O–H groups in total. The van der Waals surface area contributed by atoms with E-state index in [1.807, 2.05) is 0 Å². The van der Waals surface area contributed by atoms with E-state index in [1.165, 1.54) is 51.4 Å². The Labute approximate surface area is 124 Å². The molecule has 0 spiro atoms. The van der Waals surface area contributed by atoms with Gasteiger partial charge in [-0.2, -0.15) is 0 Å². The molecule has 0 aliphatic carbocycles. The van der Waals surface area contributed by atoms with E-state index in [4.69, 9.17) is 0 Å². The molecule has 2 heterocycles. The van der Waals surface area contributed by atoms with Crippen LogP contribution in [-0.2, 0) is 4.79 Å². The molecule has 0 aromatic rings. The van der Waals surface area contributed by atoms with Gasteiger partial charge in [0.05, 0.1) is 0 Å². The van der Waals surface area contributed by atoms with Crippen molar-refractivity contribution in [1.82, 2.24) is 10.2 Å². The quantitative estimate of drug-likeness (QED) is 0.692. The molecule has 1 amide bonds. The van der Waals surface area contributed by atoms with Crippen molar-refractivity contribution in [1.29, 1.82) is 0 Å². The van der Waals surface area contributed by atoms with E-state index in [1.54, 1.807) is 0 Å². The molecular weight excluding hydrogens is 248 g/mol. The van der Waals surface area contributed by atoms with E-state index >= 15 is 0 Å². The first-order valence-electron chi connectivity index (χ1n) is 8.82. The number of fused-ring (bicyclic) bond motifs is 1. The topological polar surface area (TPSA) is 32.3 Å². The third-order valence-corrected chi connectivity index (χ3v) is 4.95. The van der Waals surface area contributed by atoms with Gasteiger partial charge in [0.2, 0.25) is 5.91 Å². The van der Waals surface area contributed by atoms with Crippen LogP contribution >= 0.6 is 0 Å². The molecule has 20 heavy (non-hydrogen) atoms. The number of nitrogens with zero attached hydrogens (tertiary/aromatic N) is 1. The summed E-state index contributed by atoms with van der Waals surface area (Å²) in [5, 5.41) is 3.57. The van der Waals surface area contributed by atoms with E-state index in [-0.39, 0.29) is 0 Å². The van der Waals surface area contributed by atoms with Gasteiger partial charge < -0.3 is 10.2 Å². The summed E-state index contributed by atoms with van der Waals surface area (Å²) in [5.74, 6) is 1.12. The minimum Gasteiger partial charge on any atom is -0.341 e. The highest BCUT2D eigenvalue weighted by Crippen LogP contribution is 2.25. The normalized spacial score (nSPS) is 25.8. The van der Waals surface area contributed by atoms with Gasteiger partial charge in [0.1, 0.15) is 0 Å². The van der Waals surface area contributed by atoms with Crippen molar-refractivity contribution in [2.45, 2.75) is 77.2 Å². The molecule has 116 valence electrons. The molecular formula is C17H32N2O.